The minimum Gasteiger partial charge on any atom is -0.399 e. The maximum absolute atomic E-state index is 12.5. The van der Waals surface area contributed by atoms with Crippen LogP contribution in [-0.4, -0.2) is 18.0 Å². The van der Waals surface area contributed by atoms with Crippen LogP contribution in [0.15, 0.2) is 18.2 Å². The lowest BCUT2D eigenvalue weighted by atomic mass is 9.87. The first kappa shape index (κ1) is 20.1. The van der Waals surface area contributed by atoms with E-state index in [0.29, 0.717) is 6.42 Å². The fourth-order valence-electron chi connectivity index (χ4n) is 3.11. The van der Waals surface area contributed by atoms with Crippen LogP contribution in [0.3, 0.4) is 0 Å². The van der Waals surface area contributed by atoms with Crippen molar-refractivity contribution in [3.8, 4) is 0 Å². The maximum atomic E-state index is 12.5. The van der Waals surface area contributed by atoms with Gasteiger partial charge in [0.05, 0.1) is 6.04 Å². The predicted octanol–water partition coefficient (Wildman–Crippen LogP) is 2.41. The highest BCUT2D eigenvalue weighted by atomic mass is 35.5. The number of fused-ring (bicyclic) bond motifs is 1. The van der Waals surface area contributed by atoms with E-state index < -0.39 is 12.1 Å². The molecule has 7 heteroatoms. The summed E-state index contributed by atoms with van der Waals surface area (Å²) in [5, 5.41) is 5.60. The van der Waals surface area contributed by atoms with Gasteiger partial charge in [0, 0.05) is 5.69 Å². The van der Waals surface area contributed by atoms with Crippen molar-refractivity contribution in [3.05, 3.63) is 29.3 Å². The number of nitrogen functional groups attached to an aromatic ring is 1. The van der Waals surface area contributed by atoms with Gasteiger partial charge >= 0.3 is 6.03 Å². The summed E-state index contributed by atoms with van der Waals surface area (Å²) in [6.07, 6.45) is 5.27. The molecule has 0 radical (unpaired) electrons. The number of halogens is 1. The molecule has 1 aliphatic carbocycles. The number of rotatable bonds is 6. The van der Waals surface area contributed by atoms with Crippen molar-refractivity contribution >= 4 is 30.0 Å². The van der Waals surface area contributed by atoms with E-state index in [1.54, 1.807) is 0 Å². The van der Waals surface area contributed by atoms with E-state index >= 15 is 0 Å². The Morgan fingerprint density at radius 3 is 2.79 bits per heavy atom. The largest absolute Gasteiger partial charge is 0.399 e. The average molecular weight is 355 g/mol. The van der Waals surface area contributed by atoms with Gasteiger partial charge in [0.2, 0.25) is 5.91 Å². The fraction of sp³-hybridized carbons (Fsp3) is 0.529. The third-order valence-electron chi connectivity index (χ3n) is 4.28. The summed E-state index contributed by atoms with van der Waals surface area (Å²) in [5.74, 6) is -0.174. The van der Waals surface area contributed by atoms with Crippen LogP contribution in [0.5, 0.6) is 0 Å². The molecule has 0 fully saturated rings. The molecule has 0 spiro atoms. The van der Waals surface area contributed by atoms with Gasteiger partial charge in [-0.3, -0.25) is 4.79 Å². The molecule has 1 aromatic carbocycles. The second-order valence-electron chi connectivity index (χ2n) is 6.12. The topological polar surface area (TPSA) is 110 Å². The number of nitrogens with two attached hydrogens (primary N) is 2. The number of primary amides is 1. The Morgan fingerprint density at radius 2 is 2.12 bits per heavy atom. The Morgan fingerprint density at radius 1 is 1.38 bits per heavy atom. The molecule has 0 heterocycles. The second-order valence-corrected chi connectivity index (χ2v) is 6.12. The highest BCUT2D eigenvalue weighted by Gasteiger charge is 2.26. The van der Waals surface area contributed by atoms with Gasteiger partial charge in [-0.05, 0) is 48.9 Å². The van der Waals surface area contributed by atoms with Gasteiger partial charge in [0.15, 0.2) is 0 Å². The molecule has 2 unspecified atom stereocenters. The van der Waals surface area contributed by atoms with Crippen molar-refractivity contribution < 1.29 is 9.59 Å². The number of amides is 3. The van der Waals surface area contributed by atoms with Crippen molar-refractivity contribution in [1.82, 2.24) is 10.6 Å². The first-order chi connectivity index (χ1) is 11.0. The van der Waals surface area contributed by atoms with Crippen LogP contribution in [-0.2, 0) is 11.2 Å². The molecule has 0 aromatic heterocycles. The van der Waals surface area contributed by atoms with Gasteiger partial charge in [-0.15, -0.1) is 12.4 Å². The molecule has 2 rings (SSSR count). The van der Waals surface area contributed by atoms with Gasteiger partial charge in [-0.25, -0.2) is 4.79 Å². The van der Waals surface area contributed by atoms with Crippen LogP contribution in [0, 0.1) is 0 Å². The zero-order valence-electron chi connectivity index (χ0n) is 14.0. The van der Waals surface area contributed by atoms with Crippen LogP contribution in [0.1, 0.15) is 56.2 Å². The Bertz CT molecular complexity index is 580. The number of nitrogens with one attached hydrogen (secondary N) is 2. The molecule has 0 saturated carbocycles. The monoisotopic (exact) mass is 354 g/mol. The smallest absolute Gasteiger partial charge is 0.312 e. The fourth-order valence-corrected chi connectivity index (χ4v) is 3.11. The van der Waals surface area contributed by atoms with E-state index in [4.69, 9.17) is 11.5 Å². The molecule has 1 aromatic rings. The predicted molar refractivity (Wildman–Crippen MR) is 98.0 cm³/mol. The number of carbonyl (C=O) groups is 2. The molecule has 1 aliphatic rings. The number of carbonyl (C=O) groups excluding carboxylic acids is 2. The minimum atomic E-state index is -0.668. The van der Waals surface area contributed by atoms with Gasteiger partial charge in [0.25, 0.3) is 0 Å². The summed E-state index contributed by atoms with van der Waals surface area (Å²) < 4.78 is 0. The number of unbranched alkanes of at least 4 members (excludes halogenated alkanes) is 1. The maximum Gasteiger partial charge on any atom is 0.312 e. The Balaban J connectivity index is 0.00000288. The summed E-state index contributed by atoms with van der Waals surface area (Å²) in [6.45, 7) is 2.04. The minimum absolute atomic E-state index is 0. The van der Waals surface area contributed by atoms with Crippen LogP contribution in [0.2, 0.25) is 0 Å². The quantitative estimate of drug-likeness (QED) is 0.588. The summed E-state index contributed by atoms with van der Waals surface area (Å²) in [6, 6.07) is 4.54. The Labute approximate surface area is 149 Å². The highest BCUT2D eigenvalue weighted by Crippen LogP contribution is 2.31. The summed E-state index contributed by atoms with van der Waals surface area (Å²) in [7, 11) is 0. The van der Waals surface area contributed by atoms with Gasteiger partial charge in [-0.1, -0.05) is 25.8 Å². The van der Waals surface area contributed by atoms with E-state index in [-0.39, 0.29) is 24.4 Å². The molecular formula is C17H27ClN4O2. The normalized spacial score (nSPS) is 17.1. The van der Waals surface area contributed by atoms with Gasteiger partial charge in [0.1, 0.15) is 6.04 Å². The number of urea groups is 1. The van der Waals surface area contributed by atoms with Crippen molar-refractivity contribution in [2.24, 2.45) is 5.73 Å². The van der Waals surface area contributed by atoms with E-state index in [1.165, 1.54) is 5.56 Å². The van der Waals surface area contributed by atoms with E-state index in [1.807, 2.05) is 25.1 Å². The molecule has 6 N–H and O–H groups in total. The highest BCUT2D eigenvalue weighted by molar-refractivity contribution is 5.86. The molecule has 24 heavy (non-hydrogen) atoms. The van der Waals surface area contributed by atoms with Gasteiger partial charge in [-0.2, -0.15) is 0 Å². The first-order valence-corrected chi connectivity index (χ1v) is 8.26. The first-order valence-electron chi connectivity index (χ1n) is 8.26. The van der Waals surface area contributed by atoms with E-state index in [0.717, 1.165) is 43.4 Å². The van der Waals surface area contributed by atoms with Crippen molar-refractivity contribution in [2.45, 2.75) is 57.5 Å². The summed E-state index contributed by atoms with van der Waals surface area (Å²) >= 11 is 0. The third-order valence-corrected chi connectivity index (χ3v) is 4.28. The summed E-state index contributed by atoms with van der Waals surface area (Å²) in [4.78, 5) is 23.6. The standard InChI is InChI=1S/C17H26N4O2.ClH/c1-2-3-6-15(21-17(19)23)16(22)20-14-7-4-5-11-10-12(18)8-9-13(11)14;/h8-10,14-15H,2-7,18H2,1H3,(H,20,22)(H3,19,21,23);1H. The lowest BCUT2D eigenvalue weighted by molar-refractivity contribution is -0.124. The molecule has 0 bridgehead atoms. The molecule has 0 aliphatic heterocycles. The molecule has 6 nitrogen and oxygen atoms in total. The number of hydrogen-bond donors (Lipinski definition) is 4. The van der Waals surface area contributed by atoms with E-state index in [9.17, 15) is 9.59 Å². The van der Waals surface area contributed by atoms with Crippen molar-refractivity contribution in [1.29, 1.82) is 0 Å². The Hall–Kier alpha value is -1.95. The second kappa shape index (κ2) is 9.37. The van der Waals surface area contributed by atoms with Crippen molar-refractivity contribution in [2.75, 3.05) is 5.73 Å². The van der Waals surface area contributed by atoms with E-state index in [2.05, 4.69) is 10.6 Å². The number of aryl methyl sites for hydroxylation is 1. The van der Waals surface area contributed by atoms with Crippen LogP contribution >= 0.6 is 12.4 Å². The zero-order valence-corrected chi connectivity index (χ0v) is 14.8. The lowest BCUT2D eigenvalue weighted by Gasteiger charge is -2.28. The SMILES string of the molecule is CCCCC(NC(N)=O)C(=O)NC1CCCc2cc(N)ccc21.Cl. The van der Waals surface area contributed by atoms with Crippen molar-refractivity contribution in [3.63, 3.8) is 0 Å². The lowest BCUT2D eigenvalue weighted by Crippen LogP contribution is -2.49. The molecule has 134 valence electrons. The Kier molecular flexibility index (Phi) is 7.85. The number of hydrogen-bond acceptors (Lipinski definition) is 3. The van der Waals surface area contributed by atoms with Crippen LogP contribution in [0.4, 0.5) is 10.5 Å². The summed E-state index contributed by atoms with van der Waals surface area (Å²) in [5.41, 5.74) is 14.1. The average Bonchev–Trinajstić information content (AvgIpc) is 2.50. The number of benzene rings is 1. The van der Waals surface area contributed by atoms with Gasteiger partial charge < -0.3 is 22.1 Å². The molecule has 0 saturated heterocycles. The van der Waals surface area contributed by atoms with Crippen LogP contribution in [0.25, 0.3) is 0 Å². The zero-order chi connectivity index (χ0) is 16.8. The third kappa shape index (κ3) is 5.30. The van der Waals surface area contributed by atoms with Crippen LogP contribution < -0.4 is 22.1 Å². The molecule has 2 atom stereocenters. The number of anilines is 1. The molecular weight excluding hydrogens is 328 g/mol. The molecule has 3 amide bonds.